The predicted molar refractivity (Wildman–Crippen MR) is 81.3 cm³/mol. The summed E-state index contributed by atoms with van der Waals surface area (Å²) in [6.07, 6.45) is 6.81. The van der Waals surface area contributed by atoms with E-state index in [1.807, 2.05) is 17.9 Å². The van der Waals surface area contributed by atoms with Gasteiger partial charge in [0.1, 0.15) is 0 Å². The quantitative estimate of drug-likeness (QED) is 0.826. The third-order valence-electron chi connectivity index (χ3n) is 4.70. The normalized spacial score (nSPS) is 25.9. The Morgan fingerprint density at radius 3 is 2.71 bits per heavy atom. The molecule has 0 saturated carbocycles. The molecular weight excluding hydrogens is 288 g/mol. The molecule has 0 spiro atoms. The summed E-state index contributed by atoms with van der Waals surface area (Å²) in [5.41, 5.74) is 1.27. The van der Waals surface area contributed by atoms with Gasteiger partial charge in [0.15, 0.2) is 0 Å². The van der Waals surface area contributed by atoms with E-state index in [2.05, 4.69) is 16.1 Å². The van der Waals surface area contributed by atoms with Gasteiger partial charge in [0.05, 0.1) is 18.0 Å². The minimum atomic E-state index is -3.00. The topological polar surface area (TPSA) is 58.4 Å². The molecule has 1 aromatic heterocycles. The molecule has 2 fully saturated rings. The first-order chi connectivity index (χ1) is 9.95. The van der Waals surface area contributed by atoms with Crippen LogP contribution < -0.4 is 0 Å². The molecule has 1 aromatic rings. The number of aromatic nitrogens is 2. The fourth-order valence-corrected chi connectivity index (χ4v) is 4.46. The number of aryl methyl sites for hydroxylation is 1. The molecule has 1 atom stereocenters. The number of likely N-dealkylation sites (tertiary alicyclic amines) is 1. The number of nitrogens with zero attached hydrogens (tertiary/aromatic N) is 4. The summed E-state index contributed by atoms with van der Waals surface area (Å²) in [5, 5.41) is 4.29. The van der Waals surface area contributed by atoms with Gasteiger partial charge in [0.2, 0.25) is 10.0 Å². The highest BCUT2D eigenvalue weighted by Gasteiger charge is 2.36. The highest BCUT2D eigenvalue weighted by atomic mass is 32.2. The summed E-state index contributed by atoms with van der Waals surface area (Å²) in [6.45, 7) is 3.44. The molecule has 0 aliphatic carbocycles. The minimum Gasteiger partial charge on any atom is -0.294 e. The monoisotopic (exact) mass is 312 g/mol. The summed E-state index contributed by atoms with van der Waals surface area (Å²) in [4.78, 5) is 2.52. The van der Waals surface area contributed by atoms with E-state index in [0.29, 0.717) is 25.0 Å². The van der Waals surface area contributed by atoms with Crippen molar-refractivity contribution in [2.45, 2.75) is 25.3 Å². The Hall–Kier alpha value is -0.920. The van der Waals surface area contributed by atoms with Gasteiger partial charge in [-0.25, -0.2) is 12.7 Å². The summed E-state index contributed by atoms with van der Waals surface area (Å²) < 4.78 is 26.4. The van der Waals surface area contributed by atoms with Gasteiger partial charge in [-0.2, -0.15) is 5.10 Å². The molecule has 0 bridgehead atoms. The largest absolute Gasteiger partial charge is 0.294 e. The zero-order valence-electron chi connectivity index (χ0n) is 12.8. The Balaban J connectivity index is 1.63. The summed E-state index contributed by atoms with van der Waals surface area (Å²) >= 11 is 0. The average molecular weight is 312 g/mol. The van der Waals surface area contributed by atoms with Gasteiger partial charge in [0, 0.05) is 32.9 Å². The van der Waals surface area contributed by atoms with Gasteiger partial charge >= 0.3 is 0 Å². The van der Waals surface area contributed by atoms with Crippen molar-refractivity contribution in [3.8, 4) is 0 Å². The van der Waals surface area contributed by atoms with Crippen LogP contribution in [0.2, 0.25) is 0 Å². The smallest absolute Gasteiger partial charge is 0.211 e. The van der Waals surface area contributed by atoms with Crippen molar-refractivity contribution >= 4 is 10.0 Å². The maximum atomic E-state index is 11.4. The van der Waals surface area contributed by atoms with E-state index in [0.717, 1.165) is 13.1 Å². The van der Waals surface area contributed by atoms with E-state index >= 15 is 0 Å². The first-order valence-electron chi connectivity index (χ1n) is 7.62. The zero-order valence-corrected chi connectivity index (χ0v) is 13.6. The van der Waals surface area contributed by atoms with E-state index in [1.54, 1.807) is 4.31 Å². The van der Waals surface area contributed by atoms with E-state index < -0.39 is 10.0 Å². The van der Waals surface area contributed by atoms with Gasteiger partial charge in [-0.1, -0.05) is 6.42 Å². The molecule has 6 nitrogen and oxygen atoms in total. The van der Waals surface area contributed by atoms with Gasteiger partial charge in [-0.3, -0.25) is 9.58 Å². The van der Waals surface area contributed by atoms with Crippen molar-refractivity contribution in [3.05, 3.63) is 18.0 Å². The van der Waals surface area contributed by atoms with Crippen LogP contribution in [0.5, 0.6) is 0 Å². The lowest BCUT2D eigenvalue weighted by atomic mass is 9.95. The molecule has 2 saturated heterocycles. The van der Waals surface area contributed by atoms with Gasteiger partial charge in [0.25, 0.3) is 0 Å². The Labute approximate surface area is 126 Å². The van der Waals surface area contributed by atoms with Crippen LogP contribution in [-0.2, 0) is 17.1 Å². The summed E-state index contributed by atoms with van der Waals surface area (Å²) in [7, 11) is -1.01. The molecule has 0 radical (unpaired) electrons. The molecule has 3 rings (SSSR count). The Kier molecular flexibility index (Phi) is 4.07. The maximum Gasteiger partial charge on any atom is 0.211 e. The number of hydrogen-bond acceptors (Lipinski definition) is 4. The van der Waals surface area contributed by atoms with Crippen LogP contribution in [0.1, 0.15) is 31.0 Å². The second-order valence-corrected chi connectivity index (χ2v) is 8.31. The summed E-state index contributed by atoms with van der Waals surface area (Å²) in [5.74, 6) is 0.466. The highest BCUT2D eigenvalue weighted by molar-refractivity contribution is 7.88. The first-order valence-corrected chi connectivity index (χ1v) is 9.47. The number of hydrogen-bond donors (Lipinski definition) is 0. The molecule has 7 heteroatoms. The third kappa shape index (κ3) is 3.14. The van der Waals surface area contributed by atoms with Crippen molar-refractivity contribution < 1.29 is 8.42 Å². The van der Waals surface area contributed by atoms with Crippen LogP contribution in [0.15, 0.2) is 12.3 Å². The second-order valence-electron chi connectivity index (χ2n) is 6.33. The van der Waals surface area contributed by atoms with Crippen LogP contribution in [0.3, 0.4) is 0 Å². The average Bonchev–Trinajstić information content (AvgIpc) is 2.78. The number of rotatable bonds is 4. The van der Waals surface area contributed by atoms with E-state index in [1.165, 1.54) is 31.2 Å². The van der Waals surface area contributed by atoms with Crippen molar-refractivity contribution in [3.63, 3.8) is 0 Å². The molecule has 3 heterocycles. The van der Waals surface area contributed by atoms with Crippen molar-refractivity contribution in [2.24, 2.45) is 13.0 Å². The Bertz CT molecular complexity index is 592. The standard InChI is InChI=1S/C14H24N4O2S/c1-16-13(6-7-15-16)14-5-3-4-8-17(14)9-12-10-18(11-12)21(2,19)20/h6-7,12,14H,3-5,8-11H2,1-2H3. The van der Waals surface area contributed by atoms with E-state index in [9.17, 15) is 8.42 Å². The second kappa shape index (κ2) is 5.70. The zero-order chi connectivity index (χ0) is 15.0. The molecule has 1 unspecified atom stereocenters. The highest BCUT2D eigenvalue weighted by Crippen LogP contribution is 2.32. The predicted octanol–water partition coefficient (Wildman–Crippen LogP) is 0.839. The van der Waals surface area contributed by atoms with Crippen LogP contribution >= 0.6 is 0 Å². The van der Waals surface area contributed by atoms with Crippen LogP contribution in [0.25, 0.3) is 0 Å². The molecular formula is C14H24N4O2S. The minimum absolute atomic E-state index is 0.429. The lowest BCUT2D eigenvalue weighted by molar-refractivity contribution is 0.0774. The van der Waals surface area contributed by atoms with Crippen LogP contribution in [0.4, 0.5) is 0 Å². The lowest BCUT2D eigenvalue weighted by Gasteiger charge is -2.43. The first kappa shape index (κ1) is 15.0. The van der Waals surface area contributed by atoms with Gasteiger partial charge < -0.3 is 0 Å². The molecule has 118 valence electrons. The van der Waals surface area contributed by atoms with Crippen LogP contribution in [-0.4, -0.2) is 59.8 Å². The fraction of sp³-hybridized carbons (Fsp3) is 0.786. The van der Waals surface area contributed by atoms with Gasteiger partial charge in [-0.05, 0) is 31.4 Å². The van der Waals surface area contributed by atoms with Crippen molar-refractivity contribution in [1.82, 2.24) is 19.0 Å². The molecule has 0 aromatic carbocycles. The van der Waals surface area contributed by atoms with Crippen LogP contribution in [0, 0.1) is 5.92 Å². The maximum absolute atomic E-state index is 11.4. The van der Waals surface area contributed by atoms with Crippen molar-refractivity contribution in [1.29, 1.82) is 0 Å². The molecule has 2 aliphatic rings. The third-order valence-corrected chi connectivity index (χ3v) is 5.94. The van der Waals surface area contributed by atoms with E-state index in [-0.39, 0.29) is 0 Å². The molecule has 0 N–H and O–H groups in total. The Morgan fingerprint density at radius 1 is 1.33 bits per heavy atom. The summed E-state index contributed by atoms with van der Waals surface area (Å²) in [6, 6.07) is 2.53. The number of piperidine rings is 1. The Morgan fingerprint density at radius 2 is 2.10 bits per heavy atom. The van der Waals surface area contributed by atoms with E-state index in [4.69, 9.17) is 0 Å². The lowest BCUT2D eigenvalue weighted by Crippen LogP contribution is -2.54. The molecule has 0 amide bonds. The SMILES string of the molecule is Cn1nccc1C1CCCCN1CC1CN(S(C)(=O)=O)C1. The molecule has 2 aliphatic heterocycles. The van der Waals surface area contributed by atoms with Crippen molar-refractivity contribution in [2.75, 3.05) is 32.4 Å². The van der Waals surface area contributed by atoms with Gasteiger partial charge in [-0.15, -0.1) is 0 Å². The number of sulfonamides is 1. The molecule has 21 heavy (non-hydrogen) atoms. The fourth-order valence-electron chi connectivity index (χ4n) is 3.50.